The number of rotatable bonds is 0. The Morgan fingerprint density at radius 3 is 1.95 bits per heavy atom. The van der Waals surface area contributed by atoms with E-state index in [-0.39, 0.29) is 11.7 Å². The van der Waals surface area contributed by atoms with Crippen LogP contribution in [0.1, 0.15) is 57.2 Å². The molecule has 2 heterocycles. The predicted octanol–water partition coefficient (Wildman–Crippen LogP) is 3.75. The summed E-state index contributed by atoms with van der Waals surface area (Å²) >= 11 is 0. The molecule has 1 saturated heterocycles. The van der Waals surface area contributed by atoms with E-state index in [1.807, 2.05) is 41.7 Å². The van der Waals surface area contributed by atoms with E-state index in [1.165, 1.54) is 12.1 Å². The van der Waals surface area contributed by atoms with E-state index in [0.717, 1.165) is 37.4 Å². The Morgan fingerprint density at radius 1 is 1.09 bits per heavy atom. The zero-order valence-corrected chi connectivity index (χ0v) is 15.2. The molecule has 0 spiro atoms. The van der Waals surface area contributed by atoms with Crippen LogP contribution in [-0.4, -0.2) is 39.2 Å². The summed E-state index contributed by atoms with van der Waals surface area (Å²) in [6, 6.07) is 0. The quantitative estimate of drug-likeness (QED) is 0.733. The highest BCUT2D eigenvalue weighted by molar-refractivity contribution is 5.68. The Balaban J connectivity index is 0.000000235. The fourth-order valence-electron chi connectivity index (χ4n) is 2.29. The van der Waals surface area contributed by atoms with Crippen molar-refractivity contribution in [1.82, 2.24) is 14.5 Å². The molecule has 0 radical (unpaired) electrons. The maximum absolute atomic E-state index is 11.5. The van der Waals surface area contributed by atoms with Gasteiger partial charge in [0, 0.05) is 25.8 Å². The van der Waals surface area contributed by atoms with Gasteiger partial charge in [-0.15, -0.1) is 0 Å². The van der Waals surface area contributed by atoms with Gasteiger partial charge in [-0.1, -0.05) is 0 Å². The van der Waals surface area contributed by atoms with Crippen LogP contribution >= 0.6 is 0 Å². The molecule has 0 atom stereocenters. The molecule has 5 heteroatoms. The van der Waals surface area contributed by atoms with Gasteiger partial charge in [0.2, 0.25) is 0 Å². The minimum absolute atomic E-state index is 0.160. The van der Waals surface area contributed by atoms with Crippen molar-refractivity contribution in [2.45, 2.75) is 66.4 Å². The maximum Gasteiger partial charge on any atom is 0.410 e. The first-order valence-corrected chi connectivity index (χ1v) is 8.06. The van der Waals surface area contributed by atoms with Gasteiger partial charge in [0.15, 0.2) is 0 Å². The zero-order chi connectivity index (χ0) is 16.9. The van der Waals surface area contributed by atoms with Crippen molar-refractivity contribution in [2.24, 2.45) is 7.05 Å². The van der Waals surface area contributed by atoms with Crippen LogP contribution in [0.15, 0.2) is 0 Å². The molecule has 1 aliphatic heterocycles. The van der Waals surface area contributed by atoms with Crippen LogP contribution in [0.4, 0.5) is 4.79 Å². The number of carbonyl (C=O) groups is 1. The van der Waals surface area contributed by atoms with Gasteiger partial charge in [0.25, 0.3) is 0 Å². The third-order valence-corrected chi connectivity index (χ3v) is 3.85. The van der Waals surface area contributed by atoms with E-state index in [1.54, 1.807) is 4.90 Å². The minimum atomic E-state index is -0.367. The molecule has 5 nitrogen and oxygen atoms in total. The highest BCUT2D eigenvalue weighted by atomic mass is 16.6. The largest absolute Gasteiger partial charge is 0.444 e. The highest BCUT2D eigenvalue weighted by Gasteiger charge is 2.22. The van der Waals surface area contributed by atoms with Crippen molar-refractivity contribution in [3.63, 3.8) is 0 Å². The number of hydrogen-bond acceptors (Lipinski definition) is 3. The lowest BCUT2D eigenvalue weighted by molar-refractivity contribution is 0.0216. The lowest BCUT2D eigenvalue weighted by Crippen LogP contribution is -2.39. The van der Waals surface area contributed by atoms with E-state index < -0.39 is 0 Å². The topological polar surface area (TPSA) is 47.4 Å². The van der Waals surface area contributed by atoms with Crippen LogP contribution in [0.25, 0.3) is 0 Å². The maximum atomic E-state index is 11.5. The standard InChI is InChI=1S/C10H19NO2.C7H12N2/c1-10(2,3)13-9(12)11-7-5-4-6-8-11;1-5-6(2)9(4)7(3)8-5/h4-8H2,1-3H3;1-4H3. The molecule has 1 aliphatic rings. The minimum Gasteiger partial charge on any atom is -0.444 e. The second-order valence-corrected chi connectivity index (χ2v) is 6.92. The van der Waals surface area contributed by atoms with Crippen LogP contribution in [0.5, 0.6) is 0 Å². The summed E-state index contributed by atoms with van der Waals surface area (Å²) in [6.45, 7) is 13.5. The number of piperidine rings is 1. The lowest BCUT2D eigenvalue weighted by atomic mass is 10.1. The normalized spacial score (nSPS) is 15.1. The number of aromatic nitrogens is 2. The lowest BCUT2D eigenvalue weighted by Gasteiger charge is -2.29. The number of aryl methyl sites for hydroxylation is 2. The summed E-state index contributed by atoms with van der Waals surface area (Å²) in [7, 11) is 2.03. The monoisotopic (exact) mass is 309 g/mol. The van der Waals surface area contributed by atoms with Gasteiger partial charge in [0.1, 0.15) is 11.4 Å². The van der Waals surface area contributed by atoms with Crippen molar-refractivity contribution >= 4 is 6.09 Å². The molecule has 126 valence electrons. The molecule has 0 aliphatic carbocycles. The first-order valence-electron chi connectivity index (χ1n) is 8.06. The van der Waals surface area contributed by atoms with Gasteiger partial charge in [-0.25, -0.2) is 9.78 Å². The Kier molecular flexibility index (Phi) is 6.45. The van der Waals surface area contributed by atoms with E-state index in [0.29, 0.717) is 0 Å². The van der Waals surface area contributed by atoms with Crippen LogP contribution in [0.3, 0.4) is 0 Å². The van der Waals surface area contributed by atoms with Crippen molar-refractivity contribution in [2.75, 3.05) is 13.1 Å². The molecule has 1 aromatic heterocycles. The second-order valence-electron chi connectivity index (χ2n) is 6.92. The van der Waals surface area contributed by atoms with Crippen LogP contribution in [-0.2, 0) is 11.8 Å². The van der Waals surface area contributed by atoms with Gasteiger partial charge >= 0.3 is 6.09 Å². The number of amides is 1. The summed E-state index contributed by atoms with van der Waals surface area (Å²) in [5.74, 6) is 1.09. The molecule has 0 saturated carbocycles. The van der Waals surface area contributed by atoms with Gasteiger partial charge < -0.3 is 14.2 Å². The number of hydrogen-bond donors (Lipinski definition) is 0. The van der Waals surface area contributed by atoms with Crippen LogP contribution < -0.4 is 0 Å². The number of ether oxygens (including phenoxy) is 1. The highest BCUT2D eigenvalue weighted by Crippen LogP contribution is 2.14. The summed E-state index contributed by atoms with van der Waals surface area (Å²) < 4.78 is 7.36. The molecule has 1 aromatic rings. The Labute approximate surface area is 134 Å². The third kappa shape index (κ3) is 5.70. The molecule has 1 fully saturated rings. The Hall–Kier alpha value is -1.52. The molecule has 22 heavy (non-hydrogen) atoms. The summed E-state index contributed by atoms with van der Waals surface area (Å²) in [6.07, 6.45) is 3.30. The number of imidazole rings is 1. The van der Waals surface area contributed by atoms with Gasteiger partial charge in [-0.05, 0) is 60.8 Å². The van der Waals surface area contributed by atoms with E-state index in [2.05, 4.69) is 16.5 Å². The molecule has 0 N–H and O–H groups in total. The summed E-state index contributed by atoms with van der Waals surface area (Å²) in [4.78, 5) is 17.6. The first kappa shape index (κ1) is 18.5. The molecule has 0 bridgehead atoms. The van der Waals surface area contributed by atoms with Gasteiger partial charge in [0.05, 0.1) is 5.69 Å². The molecule has 1 amide bonds. The summed E-state index contributed by atoms with van der Waals surface area (Å²) in [5, 5.41) is 0. The number of carbonyl (C=O) groups excluding carboxylic acids is 1. The summed E-state index contributed by atoms with van der Waals surface area (Å²) in [5.41, 5.74) is 2.02. The average Bonchev–Trinajstić information content (AvgIpc) is 2.65. The van der Waals surface area contributed by atoms with Crippen molar-refractivity contribution < 1.29 is 9.53 Å². The molecule has 0 aromatic carbocycles. The zero-order valence-electron chi connectivity index (χ0n) is 15.2. The van der Waals surface area contributed by atoms with Gasteiger partial charge in [-0.3, -0.25) is 0 Å². The molecular formula is C17H31N3O2. The average molecular weight is 309 g/mol. The molecule has 2 rings (SSSR count). The van der Waals surface area contributed by atoms with Crippen LogP contribution in [0.2, 0.25) is 0 Å². The SMILES string of the molecule is CC(C)(C)OC(=O)N1CCCCC1.Cc1nc(C)n(C)c1C. The van der Waals surface area contributed by atoms with Gasteiger partial charge in [-0.2, -0.15) is 0 Å². The second kappa shape index (κ2) is 7.65. The number of likely N-dealkylation sites (tertiary alicyclic amines) is 1. The van der Waals surface area contributed by atoms with E-state index in [9.17, 15) is 4.79 Å². The first-order chi connectivity index (χ1) is 10.1. The third-order valence-electron chi connectivity index (χ3n) is 3.85. The fourth-order valence-corrected chi connectivity index (χ4v) is 2.29. The Morgan fingerprint density at radius 2 is 1.64 bits per heavy atom. The van der Waals surface area contributed by atoms with E-state index >= 15 is 0 Å². The molecular weight excluding hydrogens is 278 g/mol. The van der Waals surface area contributed by atoms with Crippen molar-refractivity contribution in [3.05, 3.63) is 17.2 Å². The Bertz CT molecular complexity index is 472. The predicted molar refractivity (Wildman–Crippen MR) is 89.1 cm³/mol. The van der Waals surface area contributed by atoms with E-state index in [4.69, 9.17) is 4.74 Å². The number of nitrogens with zero attached hydrogens (tertiary/aromatic N) is 3. The molecule has 0 unspecified atom stereocenters. The van der Waals surface area contributed by atoms with Crippen molar-refractivity contribution in [3.8, 4) is 0 Å². The smallest absolute Gasteiger partial charge is 0.410 e. The van der Waals surface area contributed by atoms with Crippen LogP contribution in [0, 0.1) is 20.8 Å². The van der Waals surface area contributed by atoms with Crippen molar-refractivity contribution in [1.29, 1.82) is 0 Å². The fraction of sp³-hybridized carbons (Fsp3) is 0.765.